The molecule has 114 valence electrons. The van der Waals surface area contributed by atoms with E-state index >= 15 is 0 Å². The number of hydrogen-bond acceptors (Lipinski definition) is 1. The van der Waals surface area contributed by atoms with Gasteiger partial charge in [-0.25, -0.2) is 0 Å². The highest BCUT2D eigenvalue weighted by Crippen LogP contribution is 2.38. The normalized spacial score (nSPS) is 11.5. The lowest BCUT2D eigenvalue weighted by atomic mass is 9.93. The fraction of sp³-hybridized carbons (Fsp3) is 0.0435. The number of hydrogen-bond donors (Lipinski definition) is 0. The van der Waals surface area contributed by atoms with E-state index in [9.17, 15) is 0 Å². The Morgan fingerprint density at radius 1 is 0.625 bits per heavy atom. The van der Waals surface area contributed by atoms with Gasteiger partial charge < -0.3 is 0 Å². The maximum Gasteiger partial charge on any atom is 0.0361 e. The molecule has 0 nitrogen and oxygen atoms in total. The molecule has 0 aliphatic rings. The quantitative estimate of drug-likeness (QED) is 0.306. The molecular formula is C23H16S. The number of thiophene rings is 1. The molecule has 0 bridgehead atoms. The highest BCUT2D eigenvalue weighted by molar-refractivity contribution is 7.25. The maximum absolute atomic E-state index is 2.36. The molecule has 0 N–H and O–H groups in total. The molecule has 0 aliphatic heterocycles. The lowest BCUT2D eigenvalue weighted by molar-refractivity contribution is 1.49. The number of fused-ring (bicyclic) bond motifs is 4. The summed E-state index contributed by atoms with van der Waals surface area (Å²) in [6, 6.07) is 28.7. The Bertz CT molecular complexity index is 1210. The fourth-order valence-corrected chi connectivity index (χ4v) is 4.79. The first-order valence-electron chi connectivity index (χ1n) is 8.21. The molecule has 0 saturated carbocycles. The molecule has 1 heteroatoms. The van der Waals surface area contributed by atoms with Crippen LogP contribution < -0.4 is 0 Å². The average Bonchev–Trinajstić information content (AvgIpc) is 2.99. The standard InChI is InChI=1S/C23H16S/c1-15-10-11-16-6-2-3-7-18(16)23(15)17-12-13-20-19-8-4-5-9-21(19)24-22(20)14-17/h2-14H,1H3. The maximum atomic E-state index is 2.36. The number of aryl methyl sites for hydroxylation is 1. The van der Waals surface area contributed by atoms with Gasteiger partial charge in [0.15, 0.2) is 0 Å². The predicted octanol–water partition coefficient (Wildman–Crippen LogP) is 7.18. The van der Waals surface area contributed by atoms with Crippen molar-refractivity contribution in [2.45, 2.75) is 6.92 Å². The number of benzene rings is 4. The molecule has 24 heavy (non-hydrogen) atoms. The Balaban J connectivity index is 1.84. The zero-order chi connectivity index (χ0) is 16.1. The zero-order valence-corrected chi connectivity index (χ0v) is 14.2. The van der Waals surface area contributed by atoms with E-state index in [1.54, 1.807) is 0 Å². The minimum Gasteiger partial charge on any atom is -0.135 e. The van der Waals surface area contributed by atoms with E-state index in [1.165, 1.54) is 47.6 Å². The largest absolute Gasteiger partial charge is 0.135 e. The Hall–Kier alpha value is -2.64. The van der Waals surface area contributed by atoms with Gasteiger partial charge in [-0.05, 0) is 46.5 Å². The van der Waals surface area contributed by atoms with Crippen molar-refractivity contribution >= 4 is 42.3 Å². The predicted molar refractivity (Wildman–Crippen MR) is 107 cm³/mol. The second-order valence-corrected chi connectivity index (χ2v) is 7.37. The van der Waals surface area contributed by atoms with Crippen molar-refractivity contribution in [1.29, 1.82) is 0 Å². The summed E-state index contributed by atoms with van der Waals surface area (Å²) in [4.78, 5) is 0. The second-order valence-electron chi connectivity index (χ2n) is 6.29. The van der Waals surface area contributed by atoms with Gasteiger partial charge in [-0.2, -0.15) is 0 Å². The summed E-state index contributed by atoms with van der Waals surface area (Å²) >= 11 is 1.88. The number of rotatable bonds is 1. The van der Waals surface area contributed by atoms with Gasteiger partial charge in [0.25, 0.3) is 0 Å². The highest BCUT2D eigenvalue weighted by atomic mass is 32.1. The van der Waals surface area contributed by atoms with Gasteiger partial charge in [0.2, 0.25) is 0 Å². The minimum atomic E-state index is 1.30. The smallest absolute Gasteiger partial charge is 0.0361 e. The van der Waals surface area contributed by atoms with Crippen molar-refractivity contribution < 1.29 is 0 Å². The molecule has 5 aromatic rings. The van der Waals surface area contributed by atoms with E-state index < -0.39 is 0 Å². The van der Waals surface area contributed by atoms with Gasteiger partial charge in [-0.15, -0.1) is 11.3 Å². The molecule has 0 radical (unpaired) electrons. The van der Waals surface area contributed by atoms with Crippen LogP contribution in [0.15, 0.2) is 78.9 Å². The Kier molecular flexibility index (Phi) is 2.97. The van der Waals surface area contributed by atoms with E-state index in [0.29, 0.717) is 0 Å². The second kappa shape index (κ2) is 5.19. The lowest BCUT2D eigenvalue weighted by Gasteiger charge is -2.11. The van der Waals surface area contributed by atoms with E-state index in [-0.39, 0.29) is 0 Å². The third-order valence-corrected chi connectivity index (χ3v) is 5.94. The summed E-state index contributed by atoms with van der Waals surface area (Å²) < 4.78 is 2.72. The summed E-state index contributed by atoms with van der Waals surface area (Å²) in [7, 11) is 0. The molecule has 0 fully saturated rings. The van der Waals surface area contributed by atoms with Crippen molar-refractivity contribution in [3.05, 3.63) is 84.4 Å². The topological polar surface area (TPSA) is 0 Å². The van der Waals surface area contributed by atoms with Crippen LogP contribution in [-0.2, 0) is 0 Å². The first-order chi connectivity index (χ1) is 11.8. The molecule has 0 saturated heterocycles. The van der Waals surface area contributed by atoms with Crippen LogP contribution in [0.4, 0.5) is 0 Å². The molecule has 1 aromatic heterocycles. The molecule has 0 aliphatic carbocycles. The summed E-state index contributed by atoms with van der Waals surface area (Å²) in [6.45, 7) is 2.21. The summed E-state index contributed by atoms with van der Waals surface area (Å²) in [5, 5.41) is 5.35. The van der Waals surface area contributed by atoms with E-state index in [1.807, 2.05) is 11.3 Å². The Morgan fingerprint density at radius 3 is 2.29 bits per heavy atom. The van der Waals surface area contributed by atoms with Crippen LogP contribution in [-0.4, -0.2) is 0 Å². The first kappa shape index (κ1) is 13.8. The van der Waals surface area contributed by atoms with Crippen molar-refractivity contribution in [1.82, 2.24) is 0 Å². The van der Waals surface area contributed by atoms with Gasteiger partial charge in [0, 0.05) is 20.2 Å². The van der Waals surface area contributed by atoms with Crippen LogP contribution >= 0.6 is 11.3 Å². The van der Waals surface area contributed by atoms with Crippen molar-refractivity contribution in [2.75, 3.05) is 0 Å². The molecule has 5 rings (SSSR count). The van der Waals surface area contributed by atoms with Crippen LogP contribution in [0.2, 0.25) is 0 Å². The van der Waals surface area contributed by atoms with Gasteiger partial charge in [0.05, 0.1) is 0 Å². The van der Waals surface area contributed by atoms with Gasteiger partial charge in [0.1, 0.15) is 0 Å². The van der Waals surface area contributed by atoms with Crippen LogP contribution in [0, 0.1) is 6.92 Å². The van der Waals surface area contributed by atoms with Gasteiger partial charge in [-0.1, -0.05) is 66.7 Å². The van der Waals surface area contributed by atoms with E-state index in [2.05, 4.69) is 85.8 Å². The molecule has 0 amide bonds. The first-order valence-corrected chi connectivity index (χ1v) is 9.03. The van der Waals surface area contributed by atoms with Crippen molar-refractivity contribution in [3.63, 3.8) is 0 Å². The minimum absolute atomic E-state index is 1.30. The highest BCUT2D eigenvalue weighted by Gasteiger charge is 2.10. The SMILES string of the molecule is Cc1ccc2ccccc2c1-c1ccc2c(c1)sc1ccccc12. The van der Waals surface area contributed by atoms with E-state index in [4.69, 9.17) is 0 Å². The molecular weight excluding hydrogens is 308 g/mol. The molecule has 1 heterocycles. The molecule has 4 aromatic carbocycles. The average molecular weight is 324 g/mol. The van der Waals surface area contributed by atoms with Crippen LogP contribution in [0.25, 0.3) is 42.1 Å². The fourth-order valence-electron chi connectivity index (χ4n) is 3.65. The Morgan fingerprint density at radius 2 is 1.38 bits per heavy atom. The van der Waals surface area contributed by atoms with Crippen LogP contribution in [0.5, 0.6) is 0 Å². The summed E-state index contributed by atoms with van der Waals surface area (Å²) in [5.74, 6) is 0. The van der Waals surface area contributed by atoms with Crippen LogP contribution in [0.3, 0.4) is 0 Å². The lowest BCUT2D eigenvalue weighted by Crippen LogP contribution is -1.86. The summed E-state index contributed by atoms with van der Waals surface area (Å²) in [6.07, 6.45) is 0. The molecule has 0 unspecified atom stereocenters. The monoisotopic (exact) mass is 324 g/mol. The van der Waals surface area contributed by atoms with Crippen molar-refractivity contribution in [3.8, 4) is 11.1 Å². The Labute approximate surface area is 145 Å². The van der Waals surface area contributed by atoms with Crippen LogP contribution in [0.1, 0.15) is 5.56 Å². The summed E-state index contributed by atoms with van der Waals surface area (Å²) in [5.41, 5.74) is 3.99. The third-order valence-electron chi connectivity index (χ3n) is 4.80. The van der Waals surface area contributed by atoms with Gasteiger partial charge >= 0.3 is 0 Å². The van der Waals surface area contributed by atoms with E-state index in [0.717, 1.165) is 0 Å². The molecule has 0 atom stereocenters. The van der Waals surface area contributed by atoms with Crippen molar-refractivity contribution in [2.24, 2.45) is 0 Å². The zero-order valence-electron chi connectivity index (χ0n) is 13.4. The molecule has 0 spiro atoms. The third kappa shape index (κ3) is 1.98. The van der Waals surface area contributed by atoms with Gasteiger partial charge in [-0.3, -0.25) is 0 Å².